The molecule has 0 fully saturated rings. The van der Waals surface area contributed by atoms with Crippen LogP contribution in [0.1, 0.15) is 13.3 Å². The van der Waals surface area contributed by atoms with Gasteiger partial charge in [-0.25, -0.2) is 4.39 Å². The van der Waals surface area contributed by atoms with Crippen LogP contribution in [0.25, 0.3) is 0 Å². The Hall–Kier alpha value is -0.580. The fourth-order valence-electron chi connectivity index (χ4n) is 1.19. The van der Waals surface area contributed by atoms with E-state index < -0.39 is 0 Å². The van der Waals surface area contributed by atoms with Gasteiger partial charge in [-0.15, -0.1) is 11.8 Å². The first kappa shape index (κ1) is 13.5. The lowest BCUT2D eigenvalue weighted by Crippen LogP contribution is -2.28. The van der Waals surface area contributed by atoms with E-state index in [0.29, 0.717) is 6.61 Å². The van der Waals surface area contributed by atoms with Gasteiger partial charge in [0.1, 0.15) is 5.82 Å². The van der Waals surface area contributed by atoms with Gasteiger partial charge in [-0.05, 0) is 24.6 Å². The average molecular weight is 243 g/mol. The van der Waals surface area contributed by atoms with Gasteiger partial charge < -0.3 is 10.5 Å². The molecule has 1 aromatic rings. The molecule has 0 aromatic heterocycles. The first-order chi connectivity index (χ1) is 7.72. The van der Waals surface area contributed by atoms with E-state index >= 15 is 0 Å². The molecule has 90 valence electrons. The van der Waals surface area contributed by atoms with E-state index in [-0.39, 0.29) is 11.9 Å². The van der Waals surface area contributed by atoms with Crippen LogP contribution in [0.4, 0.5) is 4.39 Å². The summed E-state index contributed by atoms with van der Waals surface area (Å²) < 4.78 is 18.2. The highest BCUT2D eigenvalue weighted by Crippen LogP contribution is 2.19. The van der Waals surface area contributed by atoms with Gasteiger partial charge in [0, 0.05) is 23.3 Å². The molecule has 0 aliphatic heterocycles. The summed E-state index contributed by atoms with van der Waals surface area (Å²) in [5.41, 5.74) is 5.86. The normalized spacial score (nSPS) is 12.7. The third kappa shape index (κ3) is 5.49. The Balaban J connectivity index is 2.23. The Morgan fingerprint density at radius 3 is 3.00 bits per heavy atom. The predicted octanol–water partition coefficient (Wildman–Crippen LogP) is 2.67. The number of halogens is 1. The first-order valence-corrected chi connectivity index (χ1v) is 6.42. The van der Waals surface area contributed by atoms with Gasteiger partial charge in [0.25, 0.3) is 0 Å². The zero-order valence-electron chi connectivity index (χ0n) is 9.49. The van der Waals surface area contributed by atoms with E-state index in [4.69, 9.17) is 10.5 Å². The average Bonchev–Trinajstić information content (AvgIpc) is 2.27. The SMILES string of the molecule is CCCOCC(N)CSc1cccc(F)c1. The van der Waals surface area contributed by atoms with Crippen molar-refractivity contribution in [3.05, 3.63) is 30.1 Å². The van der Waals surface area contributed by atoms with Gasteiger partial charge in [0.15, 0.2) is 0 Å². The molecular weight excluding hydrogens is 225 g/mol. The van der Waals surface area contributed by atoms with Crippen LogP contribution in [-0.2, 0) is 4.74 Å². The first-order valence-electron chi connectivity index (χ1n) is 5.44. The molecule has 1 aromatic carbocycles. The summed E-state index contributed by atoms with van der Waals surface area (Å²) in [5, 5.41) is 0. The summed E-state index contributed by atoms with van der Waals surface area (Å²) in [4.78, 5) is 0.908. The number of rotatable bonds is 7. The van der Waals surface area contributed by atoms with E-state index in [1.165, 1.54) is 12.1 Å². The predicted molar refractivity (Wildman–Crippen MR) is 66.2 cm³/mol. The van der Waals surface area contributed by atoms with Gasteiger partial charge in [0.2, 0.25) is 0 Å². The maximum Gasteiger partial charge on any atom is 0.124 e. The van der Waals surface area contributed by atoms with Crippen molar-refractivity contribution >= 4 is 11.8 Å². The molecule has 0 saturated heterocycles. The maximum atomic E-state index is 12.9. The molecule has 0 saturated carbocycles. The number of thioether (sulfide) groups is 1. The molecule has 0 heterocycles. The minimum absolute atomic E-state index is 0.000169. The van der Waals surface area contributed by atoms with Crippen LogP contribution in [0.3, 0.4) is 0 Å². The van der Waals surface area contributed by atoms with Crippen LogP contribution in [0.2, 0.25) is 0 Å². The Morgan fingerprint density at radius 2 is 2.31 bits per heavy atom. The van der Waals surface area contributed by atoms with Crippen molar-refractivity contribution in [1.82, 2.24) is 0 Å². The molecule has 0 spiro atoms. The molecule has 0 aliphatic rings. The number of benzene rings is 1. The maximum absolute atomic E-state index is 12.9. The van der Waals surface area contributed by atoms with Crippen molar-refractivity contribution < 1.29 is 9.13 Å². The van der Waals surface area contributed by atoms with Crippen molar-refractivity contribution in [2.45, 2.75) is 24.3 Å². The highest BCUT2D eigenvalue weighted by Gasteiger charge is 2.04. The van der Waals surface area contributed by atoms with Gasteiger partial charge in [0.05, 0.1) is 6.61 Å². The summed E-state index contributed by atoms with van der Waals surface area (Å²) in [6.07, 6.45) is 1.00. The third-order valence-electron chi connectivity index (χ3n) is 1.94. The number of ether oxygens (including phenoxy) is 1. The standard InChI is InChI=1S/C12H18FNOS/c1-2-6-15-8-11(14)9-16-12-5-3-4-10(13)7-12/h3-5,7,11H,2,6,8-9,14H2,1H3. The smallest absolute Gasteiger partial charge is 0.124 e. The number of hydrogen-bond donors (Lipinski definition) is 1. The third-order valence-corrected chi connectivity index (χ3v) is 3.12. The van der Waals surface area contributed by atoms with Crippen LogP contribution in [0.5, 0.6) is 0 Å². The van der Waals surface area contributed by atoms with Crippen molar-refractivity contribution in [2.24, 2.45) is 5.73 Å². The summed E-state index contributed by atoms with van der Waals surface area (Å²) in [6, 6.07) is 6.54. The molecule has 0 aliphatic carbocycles. The summed E-state index contributed by atoms with van der Waals surface area (Å²) in [6.45, 7) is 3.38. The van der Waals surface area contributed by atoms with Crippen LogP contribution < -0.4 is 5.73 Å². The lowest BCUT2D eigenvalue weighted by atomic mass is 10.3. The zero-order chi connectivity index (χ0) is 11.8. The Morgan fingerprint density at radius 1 is 1.50 bits per heavy atom. The molecule has 4 heteroatoms. The van der Waals surface area contributed by atoms with Crippen LogP contribution in [0, 0.1) is 5.82 Å². The fraction of sp³-hybridized carbons (Fsp3) is 0.500. The fourth-order valence-corrected chi connectivity index (χ4v) is 2.06. The molecule has 2 N–H and O–H groups in total. The topological polar surface area (TPSA) is 35.2 Å². The van der Waals surface area contributed by atoms with Crippen molar-refractivity contribution in [1.29, 1.82) is 0 Å². The molecule has 2 nitrogen and oxygen atoms in total. The van der Waals surface area contributed by atoms with E-state index in [1.807, 2.05) is 6.07 Å². The minimum atomic E-state index is -0.208. The summed E-state index contributed by atoms with van der Waals surface area (Å²) in [5.74, 6) is 0.536. The van der Waals surface area contributed by atoms with Gasteiger partial charge in [-0.2, -0.15) is 0 Å². The molecule has 1 rings (SSSR count). The monoisotopic (exact) mass is 243 g/mol. The van der Waals surface area contributed by atoms with E-state index in [9.17, 15) is 4.39 Å². The van der Waals surface area contributed by atoms with Gasteiger partial charge in [-0.1, -0.05) is 13.0 Å². The molecule has 0 amide bonds. The minimum Gasteiger partial charge on any atom is -0.380 e. The van der Waals surface area contributed by atoms with Crippen molar-refractivity contribution in [3.8, 4) is 0 Å². The number of nitrogens with two attached hydrogens (primary N) is 1. The lowest BCUT2D eigenvalue weighted by molar-refractivity contribution is 0.126. The summed E-state index contributed by atoms with van der Waals surface area (Å²) in [7, 11) is 0. The highest BCUT2D eigenvalue weighted by molar-refractivity contribution is 7.99. The lowest BCUT2D eigenvalue weighted by Gasteiger charge is -2.11. The highest BCUT2D eigenvalue weighted by atomic mass is 32.2. The van der Waals surface area contributed by atoms with Crippen LogP contribution >= 0.6 is 11.8 Å². The van der Waals surface area contributed by atoms with Crippen LogP contribution in [0.15, 0.2) is 29.2 Å². The van der Waals surface area contributed by atoms with E-state index in [1.54, 1.807) is 17.8 Å². The van der Waals surface area contributed by atoms with Crippen LogP contribution in [-0.4, -0.2) is 25.0 Å². The second kappa shape index (κ2) is 7.65. The van der Waals surface area contributed by atoms with E-state index in [0.717, 1.165) is 23.7 Å². The zero-order valence-corrected chi connectivity index (χ0v) is 10.3. The Bertz CT molecular complexity index is 309. The molecule has 16 heavy (non-hydrogen) atoms. The second-order valence-electron chi connectivity index (χ2n) is 3.60. The largest absolute Gasteiger partial charge is 0.380 e. The molecule has 1 unspecified atom stereocenters. The second-order valence-corrected chi connectivity index (χ2v) is 4.70. The van der Waals surface area contributed by atoms with Crippen molar-refractivity contribution in [2.75, 3.05) is 19.0 Å². The van der Waals surface area contributed by atoms with Gasteiger partial charge in [-0.3, -0.25) is 0 Å². The number of hydrogen-bond acceptors (Lipinski definition) is 3. The molecule has 0 radical (unpaired) electrons. The van der Waals surface area contributed by atoms with Gasteiger partial charge >= 0.3 is 0 Å². The molecule has 1 atom stereocenters. The molecule has 0 bridgehead atoms. The van der Waals surface area contributed by atoms with Crippen molar-refractivity contribution in [3.63, 3.8) is 0 Å². The molecular formula is C12H18FNOS. The quantitative estimate of drug-likeness (QED) is 0.590. The Kier molecular flexibility index (Phi) is 6.45. The van der Waals surface area contributed by atoms with E-state index in [2.05, 4.69) is 6.92 Å². The Labute approximate surface area is 100 Å². The summed E-state index contributed by atoms with van der Waals surface area (Å²) >= 11 is 1.56.